The smallest absolute Gasteiger partial charge is 0.162 e. The van der Waals surface area contributed by atoms with Gasteiger partial charge in [-0.25, -0.2) is 0 Å². The van der Waals surface area contributed by atoms with E-state index in [2.05, 4.69) is 54.5 Å². The van der Waals surface area contributed by atoms with Crippen molar-refractivity contribution >= 4 is 27.2 Å². The van der Waals surface area contributed by atoms with Gasteiger partial charge in [0, 0.05) is 54.6 Å². The topological polar surface area (TPSA) is 50.2 Å². The summed E-state index contributed by atoms with van der Waals surface area (Å²) in [5.41, 5.74) is 4.56. The zero-order valence-electron chi connectivity index (χ0n) is 20.6. The van der Waals surface area contributed by atoms with E-state index in [1.165, 1.54) is 21.7 Å². The second-order valence-electron chi connectivity index (χ2n) is 8.25. The van der Waals surface area contributed by atoms with Crippen molar-refractivity contribution in [3.05, 3.63) is 64.9 Å². The average Bonchev–Trinajstić information content (AvgIpc) is 3.24. The minimum absolute atomic E-state index is 0. The molecule has 0 saturated heterocycles. The molecule has 0 unspecified atom stereocenters. The fourth-order valence-corrected chi connectivity index (χ4v) is 4.79. The summed E-state index contributed by atoms with van der Waals surface area (Å²) in [4.78, 5) is 16.2. The van der Waals surface area contributed by atoms with Gasteiger partial charge < -0.3 is 10.1 Å². The van der Waals surface area contributed by atoms with Gasteiger partial charge in [-0.2, -0.15) is 11.3 Å². The first-order valence-electron chi connectivity index (χ1n) is 11.6. The maximum absolute atomic E-state index is 11.7. The molecule has 0 saturated carbocycles. The summed E-state index contributed by atoms with van der Waals surface area (Å²) in [7, 11) is 0. The molecule has 33 heavy (non-hydrogen) atoms. The van der Waals surface area contributed by atoms with Crippen LogP contribution in [0.3, 0.4) is 0 Å². The number of hydrogen-bond donors (Lipinski definition) is 1. The number of benzene rings is 1. The second kappa shape index (κ2) is 14.5. The number of aliphatic hydroxyl groups excluding tert-OH is 1. The molecule has 0 bridgehead atoms. The van der Waals surface area contributed by atoms with Crippen molar-refractivity contribution in [1.82, 2.24) is 4.98 Å². The number of nitrogens with zero attached hydrogens (tertiary/aromatic N) is 1. The second-order valence-corrected chi connectivity index (χ2v) is 9.17. The summed E-state index contributed by atoms with van der Waals surface area (Å²) < 4.78 is 1.24. The van der Waals surface area contributed by atoms with E-state index >= 15 is 0 Å². The quantitative estimate of drug-likeness (QED) is 0.153. The summed E-state index contributed by atoms with van der Waals surface area (Å²) in [5.74, 6) is 0.547. The SMILES string of the molecule is CCC(CC)C(=O)C=C(O)C(CC)CC.Cc1[c-]c(-c2nccc3ccsc23)cc(C)c1.[Ir]. The molecule has 0 aliphatic heterocycles. The molecule has 0 atom stereocenters. The number of carbonyl (C=O) groups excluding carboxylic acids is 1. The van der Waals surface area contributed by atoms with Crippen LogP contribution in [0.4, 0.5) is 0 Å². The third-order valence-electron chi connectivity index (χ3n) is 5.85. The van der Waals surface area contributed by atoms with Gasteiger partial charge in [0.2, 0.25) is 0 Å². The summed E-state index contributed by atoms with van der Waals surface area (Å²) in [6.07, 6.45) is 6.78. The maximum atomic E-state index is 11.7. The van der Waals surface area contributed by atoms with Crippen LogP contribution < -0.4 is 0 Å². The van der Waals surface area contributed by atoms with Crippen LogP contribution in [-0.4, -0.2) is 15.9 Å². The number of aliphatic hydroxyl groups is 1. The molecular weight excluding hydrogens is 607 g/mol. The zero-order chi connectivity index (χ0) is 23.7. The van der Waals surface area contributed by atoms with E-state index in [1.54, 1.807) is 11.3 Å². The van der Waals surface area contributed by atoms with Crippen LogP contribution in [0.1, 0.15) is 64.5 Å². The monoisotopic (exact) mass is 643 g/mol. The van der Waals surface area contributed by atoms with Gasteiger partial charge in [0.15, 0.2) is 5.78 Å². The van der Waals surface area contributed by atoms with Crippen LogP contribution >= 0.6 is 11.3 Å². The van der Waals surface area contributed by atoms with Crippen molar-refractivity contribution in [2.75, 3.05) is 0 Å². The van der Waals surface area contributed by atoms with Gasteiger partial charge in [0.25, 0.3) is 0 Å². The predicted octanol–water partition coefficient (Wildman–Crippen LogP) is 8.25. The van der Waals surface area contributed by atoms with Crippen molar-refractivity contribution in [2.24, 2.45) is 11.8 Å². The fraction of sp³-hybridized carbons (Fsp3) is 0.429. The first kappa shape index (κ1) is 29.2. The summed E-state index contributed by atoms with van der Waals surface area (Å²) in [6.45, 7) is 12.3. The van der Waals surface area contributed by atoms with Crippen LogP contribution in [0, 0.1) is 31.7 Å². The van der Waals surface area contributed by atoms with E-state index in [9.17, 15) is 9.90 Å². The molecule has 1 N–H and O–H groups in total. The molecule has 3 aromatic rings. The van der Waals surface area contributed by atoms with Crippen LogP contribution in [0.15, 0.2) is 47.7 Å². The van der Waals surface area contributed by atoms with Gasteiger partial charge in [-0.1, -0.05) is 41.5 Å². The Morgan fingerprint density at radius 1 is 1.06 bits per heavy atom. The third-order valence-corrected chi connectivity index (χ3v) is 6.79. The normalized spacial score (nSPS) is 11.3. The molecule has 5 heteroatoms. The van der Waals surface area contributed by atoms with Gasteiger partial charge >= 0.3 is 0 Å². The van der Waals surface area contributed by atoms with Crippen molar-refractivity contribution in [2.45, 2.75) is 67.2 Å². The standard InChI is InChI=1S/C15H12NS.C13H24O2.Ir/c1-10-7-11(2)9-13(8-10)14-15-12(3-5-16-14)4-6-17-15;1-5-10(6-2)12(14)9-13(15)11(7-3)8-4;/h3-8H,1-2H3;9-11,14H,5-8H2,1-4H3;/q-1;;. The molecule has 1 radical (unpaired) electrons. The zero-order valence-corrected chi connectivity index (χ0v) is 23.8. The number of pyridine rings is 1. The Morgan fingerprint density at radius 2 is 1.70 bits per heavy atom. The van der Waals surface area contributed by atoms with E-state index < -0.39 is 0 Å². The third kappa shape index (κ3) is 8.17. The van der Waals surface area contributed by atoms with E-state index in [-0.39, 0.29) is 43.5 Å². The number of thiophene rings is 1. The van der Waals surface area contributed by atoms with Gasteiger partial charge in [-0.15, -0.1) is 34.9 Å². The van der Waals surface area contributed by atoms with Crippen LogP contribution in [-0.2, 0) is 24.9 Å². The molecule has 3 nitrogen and oxygen atoms in total. The molecule has 3 rings (SSSR count). The number of allylic oxidation sites excluding steroid dienone is 2. The molecule has 1 aromatic carbocycles. The maximum Gasteiger partial charge on any atom is 0.162 e. The number of hydrogen-bond acceptors (Lipinski definition) is 4. The van der Waals surface area contributed by atoms with Crippen LogP contribution in [0.25, 0.3) is 21.3 Å². The molecule has 2 aromatic heterocycles. The molecule has 0 fully saturated rings. The summed E-state index contributed by atoms with van der Waals surface area (Å²) in [5, 5.41) is 13.1. The molecular formula is C28H36IrNO2S-. The molecule has 0 spiro atoms. The Labute approximate surface area is 216 Å². The Bertz CT molecular complexity index is 1030. The Morgan fingerprint density at radius 3 is 2.27 bits per heavy atom. The van der Waals surface area contributed by atoms with E-state index in [0.29, 0.717) is 0 Å². The van der Waals surface area contributed by atoms with E-state index in [4.69, 9.17) is 0 Å². The van der Waals surface area contributed by atoms with Crippen molar-refractivity contribution in [3.8, 4) is 11.3 Å². The Kier molecular flexibility index (Phi) is 12.8. The van der Waals surface area contributed by atoms with Crippen LogP contribution in [0.5, 0.6) is 0 Å². The number of ketones is 1. The van der Waals surface area contributed by atoms with Crippen molar-refractivity contribution < 1.29 is 30.0 Å². The minimum atomic E-state index is 0. The summed E-state index contributed by atoms with van der Waals surface area (Å²) in [6, 6.07) is 11.9. The predicted molar refractivity (Wildman–Crippen MR) is 137 cm³/mol. The molecule has 0 amide bonds. The molecule has 0 aliphatic carbocycles. The van der Waals surface area contributed by atoms with Gasteiger partial charge in [0.1, 0.15) is 0 Å². The van der Waals surface area contributed by atoms with Crippen molar-refractivity contribution in [3.63, 3.8) is 0 Å². The number of carbonyl (C=O) groups is 1. The number of rotatable bonds is 8. The van der Waals surface area contributed by atoms with Crippen LogP contribution in [0.2, 0.25) is 0 Å². The first-order valence-corrected chi connectivity index (χ1v) is 12.5. The van der Waals surface area contributed by atoms with Gasteiger partial charge in [-0.05, 0) is 48.6 Å². The number of fused-ring (bicyclic) bond motifs is 1. The van der Waals surface area contributed by atoms with Gasteiger partial charge in [0.05, 0.1) is 5.76 Å². The van der Waals surface area contributed by atoms with E-state index in [0.717, 1.165) is 42.5 Å². The first-order chi connectivity index (χ1) is 15.3. The Hall–Kier alpha value is -1.81. The number of aryl methyl sites for hydroxylation is 2. The molecule has 0 aliphatic rings. The molecule has 181 valence electrons. The minimum Gasteiger partial charge on any atom is -0.512 e. The largest absolute Gasteiger partial charge is 0.512 e. The Balaban J connectivity index is 0.000000324. The average molecular weight is 643 g/mol. The molecule has 2 heterocycles. The van der Waals surface area contributed by atoms with Crippen molar-refractivity contribution in [1.29, 1.82) is 0 Å². The summed E-state index contributed by atoms with van der Waals surface area (Å²) >= 11 is 1.74. The number of aromatic nitrogens is 1. The van der Waals surface area contributed by atoms with E-state index in [1.807, 2.05) is 33.9 Å². The fourth-order valence-electron chi connectivity index (χ4n) is 3.89. The van der Waals surface area contributed by atoms with Gasteiger partial charge in [-0.3, -0.25) is 4.79 Å².